The summed E-state index contributed by atoms with van der Waals surface area (Å²) in [4.78, 5) is 0. The zero-order chi connectivity index (χ0) is 10.8. The quantitative estimate of drug-likeness (QED) is 0.606. The molecule has 2 heterocycles. The highest BCUT2D eigenvalue weighted by Crippen LogP contribution is 2.40. The maximum Gasteiger partial charge on any atom is 0.169 e. The molecule has 0 unspecified atom stereocenters. The van der Waals surface area contributed by atoms with Crippen LogP contribution in [0.3, 0.4) is 0 Å². The average Bonchev–Trinajstić information content (AvgIpc) is 2.80. The van der Waals surface area contributed by atoms with Crippen LogP contribution in [-0.2, 0) is 9.47 Å². The fourth-order valence-electron chi connectivity index (χ4n) is 3.04. The van der Waals surface area contributed by atoms with Crippen LogP contribution in [0.4, 0.5) is 0 Å². The summed E-state index contributed by atoms with van der Waals surface area (Å²) in [5.74, 6) is 2.47. The molecule has 90 valence electrons. The topological polar surface area (TPSA) is 18.5 Å². The lowest BCUT2D eigenvalue weighted by molar-refractivity contribution is -0.171. The molecule has 2 saturated heterocycles. The zero-order valence-corrected chi connectivity index (χ0v) is 10.6. The van der Waals surface area contributed by atoms with Gasteiger partial charge in [0.05, 0.1) is 13.2 Å². The van der Waals surface area contributed by atoms with Gasteiger partial charge in [0.15, 0.2) is 5.79 Å². The molecule has 3 heteroatoms. The first-order valence-electron chi connectivity index (χ1n) is 6.43. The van der Waals surface area contributed by atoms with Crippen LogP contribution >= 0.6 is 11.8 Å². The Balaban J connectivity index is 1.64. The lowest BCUT2D eigenvalue weighted by Gasteiger charge is -2.34. The van der Waals surface area contributed by atoms with Gasteiger partial charge in [0.2, 0.25) is 0 Å². The van der Waals surface area contributed by atoms with E-state index < -0.39 is 0 Å². The van der Waals surface area contributed by atoms with Crippen LogP contribution in [0.15, 0.2) is 11.1 Å². The number of hydrogen-bond donors (Lipinski definition) is 0. The molecule has 0 amide bonds. The van der Waals surface area contributed by atoms with Gasteiger partial charge in [-0.05, 0) is 37.2 Å². The van der Waals surface area contributed by atoms with Gasteiger partial charge in [0, 0.05) is 12.8 Å². The molecule has 0 N–H and O–H groups in total. The Morgan fingerprint density at radius 3 is 2.00 bits per heavy atom. The normalized spacial score (nSPS) is 30.0. The number of hydrogen-bond acceptors (Lipinski definition) is 3. The summed E-state index contributed by atoms with van der Waals surface area (Å²) in [6, 6.07) is 0. The third-order valence-electron chi connectivity index (χ3n) is 4.03. The molecule has 3 fully saturated rings. The molecule has 2 nitrogen and oxygen atoms in total. The molecule has 0 aromatic rings. The number of allylic oxidation sites excluding steroid dienone is 2. The predicted octanol–water partition coefficient (Wildman–Crippen LogP) is 3.13. The zero-order valence-electron chi connectivity index (χ0n) is 9.80. The molecule has 16 heavy (non-hydrogen) atoms. The molecule has 0 bridgehead atoms. The molecule has 1 spiro atoms. The second kappa shape index (κ2) is 4.71. The Labute approximate surface area is 102 Å². The first-order chi connectivity index (χ1) is 7.88. The minimum Gasteiger partial charge on any atom is -0.348 e. The summed E-state index contributed by atoms with van der Waals surface area (Å²) in [5, 5.41) is 0. The van der Waals surface area contributed by atoms with E-state index in [2.05, 4.69) is 11.8 Å². The maximum absolute atomic E-state index is 5.77. The molecule has 1 saturated carbocycles. The second-order valence-electron chi connectivity index (χ2n) is 4.93. The molecule has 3 rings (SSSR count). The molecule has 0 aromatic heterocycles. The van der Waals surface area contributed by atoms with E-state index in [0.29, 0.717) is 0 Å². The van der Waals surface area contributed by atoms with E-state index in [4.69, 9.17) is 9.47 Å². The molecule has 0 atom stereocenters. The van der Waals surface area contributed by atoms with E-state index in [-0.39, 0.29) is 5.79 Å². The van der Waals surface area contributed by atoms with E-state index in [1.807, 2.05) is 0 Å². The van der Waals surface area contributed by atoms with Gasteiger partial charge in [-0.15, -0.1) is 0 Å². The summed E-state index contributed by atoms with van der Waals surface area (Å²) in [6.45, 7) is 1.59. The number of rotatable bonds is 0. The minimum atomic E-state index is -0.187. The van der Waals surface area contributed by atoms with Crippen molar-refractivity contribution in [3.63, 3.8) is 0 Å². The highest BCUT2D eigenvalue weighted by Gasteiger charge is 2.39. The Hall–Kier alpha value is 0.01000. The Morgan fingerprint density at radius 1 is 0.812 bits per heavy atom. The molecule has 1 aliphatic carbocycles. The summed E-state index contributed by atoms with van der Waals surface area (Å²) < 4.78 is 11.5. The van der Waals surface area contributed by atoms with Crippen molar-refractivity contribution < 1.29 is 9.47 Å². The molecule has 0 aromatic carbocycles. The van der Waals surface area contributed by atoms with Gasteiger partial charge in [-0.1, -0.05) is 11.1 Å². The Morgan fingerprint density at radius 2 is 1.38 bits per heavy atom. The number of ether oxygens (including phenoxy) is 2. The van der Waals surface area contributed by atoms with Gasteiger partial charge in [-0.2, -0.15) is 11.8 Å². The number of thioether (sulfide) groups is 1. The lowest BCUT2D eigenvalue weighted by atomic mass is 9.85. The van der Waals surface area contributed by atoms with Gasteiger partial charge in [-0.25, -0.2) is 0 Å². The molecular formula is C13H20O2S. The molecular weight excluding hydrogens is 220 g/mol. The van der Waals surface area contributed by atoms with Crippen LogP contribution < -0.4 is 0 Å². The predicted molar refractivity (Wildman–Crippen MR) is 66.7 cm³/mol. The largest absolute Gasteiger partial charge is 0.348 e. The lowest BCUT2D eigenvalue weighted by Crippen LogP contribution is -2.33. The van der Waals surface area contributed by atoms with E-state index >= 15 is 0 Å². The smallest absolute Gasteiger partial charge is 0.169 e. The second-order valence-corrected chi connectivity index (χ2v) is 6.15. The van der Waals surface area contributed by atoms with Crippen molar-refractivity contribution in [3.05, 3.63) is 11.1 Å². The van der Waals surface area contributed by atoms with E-state index in [0.717, 1.165) is 26.1 Å². The van der Waals surface area contributed by atoms with Gasteiger partial charge in [-0.3, -0.25) is 0 Å². The highest BCUT2D eigenvalue weighted by molar-refractivity contribution is 7.99. The van der Waals surface area contributed by atoms with Crippen molar-refractivity contribution in [2.75, 3.05) is 24.7 Å². The minimum absolute atomic E-state index is 0.187. The third kappa shape index (κ3) is 2.18. The van der Waals surface area contributed by atoms with Gasteiger partial charge >= 0.3 is 0 Å². The Kier molecular flexibility index (Phi) is 3.27. The van der Waals surface area contributed by atoms with Gasteiger partial charge in [0.25, 0.3) is 0 Å². The van der Waals surface area contributed by atoms with Gasteiger partial charge in [0.1, 0.15) is 0 Å². The van der Waals surface area contributed by atoms with Crippen molar-refractivity contribution in [3.8, 4) is 0 Å². The molecule has 3 aliphatic rings. The third-order valence-corrected chi connectivity index (χ3v) is 5.01. The van der Waals surface area contributed by atoms with Crippen LogP contribution in [0.2, 0.25) is 0 Å². The molecule has 0 radical (unpaired) electrons. The standard InChI is InChI=1S/C13H20O2S/c1-5-13(14-7-8-15-13)6-2-11(1)12-3-9-16-10-4-12/h1-10H2. The van der Waals surface area contributed by atoms with E-state index in [1.54, 1.807) is 11.1 Å². The van der Waals surface area contributed by atoms with Crippen molar-refractivity contribution in [2.24, 2.45) is 0 Å². The fraction of sp³-hybridized carbons (Fsp3) is 0.846. The van der Waals surface area contributed by atoms with Crippen LogP contribution in [0.25, 0.3) is 0 Å². The molecule has 2 aliphatic heterocycles. The highest BCUT2D eigenvalue weighted by atomic mass is 32.2. The van der Waals surface area contributed by atoms with Crippen LogP contribution in [0.1, 0.15) is 38.5 Å². The average molecular weight is 240 g/mol. The fourth-order valence-corrected chi connectivity index (χ4v) is 4.03. The van der Waals surface area contributed by atoms with E-state index in [1.165, 1.54) is 37.2 Å². The van der Waals surface area contributed by atoms with Crippen molar-refractivity contribution in [1.29, 1.82) is 0 Å². The SMILES string of the molecule is C1COC2(CCC(=C3CCSCC3)CC2)O1. The Bertz CT molecular complexity index is 272. The van der Waals surface area contributed by atoms with Crippen molar-refractivity contribution in [1.82, 2.24) is 0 Å². The van der Waals surface area contributed by atoms with Gasteiger partial charge < -0.3 is 9.47 Å². The first kappa shape index (κ1) is 11.1. The van der Waals surface area contributed by atoms with Crippen LogP contribution in [0, 0.1) is 0 Å². The van der Waals surface area contributed by atoms with Crippen LogP contribution in [0.5, 0.6) is 0 Å². The summed E-state index contributed by atoms with van der Waals surface area (Å²) in [7, 11) is 0. The summed E-state index contributed by atoms with van der Waals surface area (Å²) >= 11 is 2.10. The van der Waals surface area contributed by atoms with Crippen molar-refractivity contribution >= 4 is 11.8 Å². The van der Waals surface area contributed by atoms with Crippen LogP contribution in [-0.4, -0.2) is 30.5 Å². The summed E-state index contributed by atoms with van der Waals surface area (Å²) in [5.41, 5.74) is 3.48. The first-order valence-corrected chi connectivity index (χ1v) is 7.59. The maximum atomic E-state index is 5.77. The van der Waals surface area contributed by atoms with E-state index in [9.17, 15) is 0 Å². The van der Waals surface area contributed by atoms with Crippen molar-refractivity contribution in [2.45, 2.75) is 44.3 Å². The summed E-state index contributed by atoms with van der Waals surface area (Å²) in [6.07, 6.45) is 7.24. The monoisotopic (exact) mass is 240 g/mol.